The van der Waals surface area contributed by atoms with E-state index in [1.165, 1.54) is 5.56 Å². The SMILES string of the molecule is COc1ccc(CCc2cc(C)[nH]n2)cc1OC. The summed E-state index contributed by atoms with van der Waals surface area (Å²) >= 11 is 0. The second-order valence-electron chi connectivity index (χ2n) is 4.23. The summed E-state index contributed by atoms with van der Waals surface area (Å²) in [5, 5.41) is 7.18. The molecule has 1 N–H and O–H groups in total. The first kappa shape index (κ1) is 12.5. The summed E-state index contributed by atoms with van der Waals surface area (Å²) in [6.07, 6.45) is 1.85. The number of rotatable bonds is 5. The molecular formula is C14H18N2O2. The highest BCUT2D eigenvalue weighted by Gasteiger charge is 2.05. The van der Waals surface area contributed by atoms with Gasteiger partial charge in [-0.25, -0.2) is 0 Å². The molecule has 0 aliphatic rings. The highest BCUT2D eigenvalue weighted by molar-refractivity contribution is 5.43. The first-order chi connectivity index (χ1) is 8.72. The van der Waals surface area contributed by atoms with E-state index in [1.54, 1.807) is 14.2 Å². The quantitative estimate of drug-likeness (QED) is 0.881. The van der Waals surface area contributed by atoms with E-state index in [0.29, 0.717) is 0 Å². The number of nitrogens with one attached hydrogen (secondary N) is 1. The van der Waals surface area contributed by atoms with Crippen LogP contribution < -0.4 is 9.47 Å². The predicted molar refractivity (Wildman–Crippen MR) is 70.3 cm³/mol. The van der Waals surface area contributed by atoms with Crippen LogP contribution in [-0.4, -0.2) is 24.4 Å². The first-order valence-electron chi connectivity index (χ1n) is 5.94. The fourth-order valence-electron chi connectivity index (χ4n) is 1.91. The van der Waals surface area contributed by atoms with E-state index < -0.39 is 0 Å². The number of aromatic amines is 1. The molecular weight excluding hydrogens is 228 g/mol. The number of ether oxygens (including phenoxy) is 2. The van der Waals surface area contributed by atoms with Crippen molar-refractivity contribution in [2.24, 2.45) is 0 Å². The zero-order chi connectivity index (χ0) is 13.0. The summed E-state index contributed by atoms with van der Waals surface area (Å²) in [5.41, 5.74) is 3.40. The van der Waals surface area contributed by atoms with E-state index in [4.69, 9.17) is 9.47 Å². The van der Waals surface area contributed by atoms with E-state index in [0.717, 1.165) is 35.7 Å². The standard InChI is InChI=1S/C14H18N2O2/c1-10-8-12(16-15-10)6-4-11-5-7-13(17-2)14(9-11)18-3/h5,7-9H,4,6H2,1-3H3,(H,15,16). The van der Waals surface area contributed by atoms with E-state index in [-0.39, 0.29) is 0 Å². The molecule has 1 aromatic heterocycles. The molecule has 1 aromatic carbocycles. The molecule has 18 heavy (non-hydrogen) atoms. The minimum atomic E-state index is 0.761. The van der Waals surface area contributed by atoms with Crippen LogP contribution in [0.25, 0.3) is 0 Å². The Labute approximate surface area is 107 Å². The summed E-state index contributed by atoms with van der Waals surface area (Å²) in [7, 11) is 3.29. The second kappa shape index (κ2) is 5.58. The molecule has 0 radical (unpaired) electrons. The van der Waals surface area contributed by atoms with Crippen LogP contribution in [0.2, 0.25) is 0 Å². The molecule has 96 valence electrons. The highest BCUT2D eigenvalue weighted by Crippen LogP contribution is 2.27. The van der Waals surface area contributed by atoms with Crippen LogP contribution in [0.4, 0.5) is 0 Å². The van der Waals surface area contributed by atoms with Crippen molar-refractivity contribution in [3.05, 3.63) is 41.2 Å². The van der Waals surface area contributed by atoms with Crippen molar-refractivity contribution in [3.63, 3.8) is 0 Å². The fraction of sp³-hybridized carbons (Fsp3) is 0.357. The van der Waals surface area contributed by atoms with E-state index in [2.05, 4.69) is 22.3 Å². The third-order valence-electron chi connectivity index (χ3n) is 2.88. The molecule has 2 aromatic rings. The number of nitrogens with zero attached hydrogens (tertiary/aromatic N) is 1. The van der Waals surface area contributed by atoms with Gasteiger partial charge in [0.05, 0.1) is 19.9 Å². The number of hydrogen-bond donors (Lipinski definition) is 1. The van der Waals surface area contributed by atoms with Crippen molar-refractivity contribution in [1.29, 1.82) is 0 Å². The maximum absolute atomic E-state index is 5.29. The monoisotopic (exact) mass is 246 g/mol. The van der Waals surface area contributed by atoms with Crippen molar-refractivity contribution < 1.29 is 9.47 Å². The van der Waals surface area contributed by atoms with Gasteiger partial charge in [-0.1, -0.05) is 6.07 Å². The van der Waals surface area contributed by atoms with Gasteiger partial charge in [0.15, 0.2) is 11.5 Å². The molecule has 0 aliphatic heterocycles. The number of aryl methyl sites for hydroxylation is 3. The predicted octanol–water partition coefficient (Wildman–Crippen LogP) is 2.52. The van der Waals surface area contributed by atoms with Crippen molar-refractivity contribution in [3.8, 4) is 11.5 Å². The zero-order valence-electron chi connectivity index (χ0n) is 11.0. The molecule has 0 unspecified atom stereocenters. The minimum Gasteiger partial charge on any atom is -0.493 e. The summed E-state index contributed by atoms with van der Waals surface area (Å²) in [4.78, 5) is 0. The lowest BCUT2D eigenvalue weighted by Crippen LogP contribution is -1.95. The first-order valence-corrected chi connectivity index (χ1v) is 5.94. The van der Waals surface area contributed by atoms with Gasteiger partial charge in [0.2, 0.25) is 0 Å². The Bertz CT molecular complexity index is 520. The Morgan fingerprint density at radius 2 is 1.83 bits per heavy atom. The topological polar surface area (TPSA) is 47.1 Å². The molecule has 0 bridgehead atoms. The second-order valence-corrected chi connectivity index (χ2v) is 4.23. The minimum absolute atomic E-state index is 0.761. The van der Waals surface area contributed by atoms with Crippen LogP contribution in [0, 0.1) is 6.92 Å². The smallest absolute Gasteiger partial charge is 0.160 e. The van der Waals surface area contributed by atoms with E-state index in [1.807, 2.05) is 19.1 Å². The van der Waals surface area contributed by atoms with Crippen LogP contribution in [0.3, 0.4) is 0 Å². The lowest BCUT2D eigenvalue weighted by atomic mass is 10.1. The number of aromatic nitrogens is 2. The Balaban J connectivity index is 2.05. The van der Waals surface area contributed by atoms with Crippen molar-refractivity contribution >= 4 is 0 Å². The van der Waals surface area contributed by atoms with Gasteiger partial charge in [-0.3, -0.25) is 5.10 Å². The summed E-state index contributed by atoms with van der Waals surface area (Å²) < 4.78 is 10.5. The van der Waals surface area contributed by atoms with Crippen molar-refractivity contribution in [2.45, 2.75) is 19.8 Å². The van der Waals surface area contributed by atoms with Crippen LogP contribution in [-0.2, 0) is 12.8 Å². The zero-order valence-corrected chi connectivity index (χ0v) is 11.0. The van der Waals surface area contributed by atoms with Gasteiger partial charge in [-0.05, 0) is 43.5 Å². The maximum atomic E-state index is 5.29. The average Bonchev–Trinajstić information content (AvgIpc) is 2.81. The van der Waals surface area contributed by atoms with E-state index in [9.17, 15) is 0 Å². The molecule has 4 heteroatoms. The molecule has 1 heterocycles. The van der Waals surface area contributed by atoms with Gasteiger partial charge in [0.25, 0.3) is 0 Å². The van der Waals surface area contributed by atoms with Crippen molar-refractivity contribution in [1.82, 2.24) is 10.2 Å². The Morgan fingerprint density at radius 3 is 2.44 bits per heavy atom. The number of H-pyrrole nitrogens is 1. The van der Waals surface area contributed by atoms with E-state index >= 15 is 0 Å². The summed E-state index contributed by atoms with van der Waals surface area (Å²) in [5.74, 6) is 1.53. The van der Waals surface area contributed by atoms with Gasteiger partial charge in [-0.15, -0.1) is 0 Å². The number of benzene rings is 1. The molecule has 0 amide bonds. The molecule has 0 saturated carbocycles. The van der Waals surface area contributed by atoms with Gasteiger partial charge in [0.1, 0.15) is 0 Å². The van der Waals surface area contributed by atoms with Crippen molar-refractivity contribution in [2.75, 3.05) is 14.2 Å². The third-order valence-corrected chi connectivity index (χ3v) is 2.88. The molecule has 4 nitrogen and oxygen atoms in total. The lowest BCUT2D eigenvalue weighted by Gasteiger charge is -2.09. The summed E-state index contributed by atoms with van der Waals surface area (Å²) in [6, 6.07) is 8.07. The Kier molecular flexibility index (Phi) is 3.87. The molecule has 0 aliphatic carbocycles. The molecule has 2 rings (SSSR count). The number of hydrogen-bond acceptors (Lipinski definition) is 3. The van der Waals surface area contributed by atoms with Gasteiger partial charge in [0, 0.05) is 5.69 Å². The Hall–Kier alpha value is -1.97. The average molecular weight is 246 g/mol. The molecule has 0 spiro atoms. The largest absolute Gasteiger partial charge is 0.493 e. The number of methoxy groups -OCH3 is 2. The molecule has 0 saturated heterocycles. The van der Waals surface area contributed by atoms with Gasteiger partial charge < -0.3 is 9.47 Å². The van der Waals surface area contributed by atoms with Crippen LogP contribution in [0.5, 0.6) is 11.5 Å². The summed E-state index contributed by atoms with van der Waals surface area (Å²) in [6.45, 7) is 2.01. The van der Waals surface area contributed by atoms with Crippen LogP contribution in [0.1, 0.15) is 17.0 Å². The lowest BCUT2D eigenvalue weighted by molar-refractivity contribution is 0.354. The highest BCUT2D eigenvalue weighted by atomic mass is 16.5. The van der Waals surface area contributed by atoms with Crippen LogP contribution >= 0.6 is 0 Å². The Morgan fingerprint density at radius 1 is 1.06 bits per heavy atom. The third kappa shape index (κ3) is 2.83. The van der Waals surface area contributed by atoms with Gasteiger partial charge in [-0.2, -0.15) is 5.10 Å². The molecule has 0 fully saturated rings. The fourth-order valence-corrected chi connectivity index (χ4v) is 1.91. The van der Waals surface area contributed by atoms with Gasteiger partial charge >= 0.3 is 0 Å². The maximum Gasteiger partial charge on any atom is 0.160 e. The normalized spacial score (nSPS) is 10.4. The molecule has 0 atom stereocenters. The van der Waals surface area contributed by atoms with Crippen LogP contribution in [0.15, 0.2) is 24.3 Å².